The molecule has 0 fully saturated rings. The van der Waals surface area contributed by atoms with Gasteiger partial charge in [0.05, 0.1) is 12.2 Å². The van der Waals surface area contributed by atoms with Gasteiger partial charge in [0.15, 0.2) is 0 Å². The highest BCUT2D eigenvalue weighted by Crippen LogP contribution is 2.28. The van der Waals surface area contributed by atoms with E-state index in [-0.39, 0.29) is 5.97 Å². The molecule has 1 atom stereocenters. The number of hydrogen-bond acceptors (Lipinski definition) is 4. The number of fused-ring (bicyclic) bond motifs is 1. The van der Waals surface area contributed by atoms with Crippen molar-refractivity contribution in [2.24, 2.45) is 0 Å². The summed E-state index contributed by atoms with van der Waals surface area (Å²) < 4.78 is 5.24. The fourth-order valence-electron chi connectivity index (χ4n) is 4.02. The number of aromatic amines is 1. The van der Waals surface area contributed by atoms with Crippen LogP contribution in [0.15, 0.2) is 60.8 Å². The molecule has 1 aliphatic heterocycles. The summed E-state index contributed by atoms with van der Waals surface area (Å²) in [4.78, 5) is 15.6. The number of hydrogen-bond donors (Lipinski definition) is 2. The number of thioether (sulfide) groups is 1. The molecule has 1 aliphatic rings. The van der Waals surface area contributed by atoms with E-state index in [4.69, 9.17) is 4.74 Å². The molecular formula is C25H28N2O2S. The molecule has 0 saturated heterocycles. The van der Waals surface area contributed by atoms with Crippen LogP contribution >= 0.6 is 11.8 Å². The van der Waals surface area contributed by atoms with Crippen molar-refractivity contribution in [3.63, 3.8) is 0 Å². The molecule has 1 unspecified atom stereocenters. The number of H-pyrrole nitrogens is 1. The summed E-state index contributed by atoms with van der Waals surface area (Å²) in [6.45, 7) is 3.16. The maximum absolute atomic E-state index is 12.3. The number of rotatable bonds is 8. The van der Waals surface area contributed by atoms with Crippen LogP contribution < -0.4 is 5.32 Å². The average molecular weight is 421 g/mol. The molecule has 2 heterocycles. The van der Waals surface area contributed by atoms with E-state index in [9.17, 15) is 4.79 Å². The van der Waals surface area contributed by atoms with Crippen molar-refractivity contribution in [1.82, 2.24) is 10.3 Å². The Labute approximate surface area is 182 Å². The Kier molecular flexibility index (Phi) is 6.92. The largest absolute Gasteiger partial charge is 0.462 e. The van der Waals surface area contributed by atoms with Crippen molar-refractivity contribution in [2.75, 3.05) is 18.9 Å². The van der Waals surface area contributed by atoms with Gasteiger partial charge >= 0.3 is 5.97 Å². The standard InChI is InChI=1S/C25H28N2O2S/c1-2-29-25(28)22-9-6-10-23-24(22)20(16-27-23)17-30-14-12-21-15-19(11-13-26-21)18-7-4-3-5-8-18/h3-11,16,21,26-27H,2,12-15,17H2,1H3. The Bertz CT molecular complexity index is 1030. The first kappa shape index (κ1) is 20.8. The predicted octanol–water partition coefficient (Wildman–Crippen LogP) is 5.41. The molecule has 3 aromatic rings. The topological polar surface area (TPSA) is 54.1 Å². The van der Waals surface area contributed by atoms with Gasteiger partial charge in [-0.05, 0) is 54.4 Å². The summed E-state index contributed by atoms with van der Waals surface area (Å²) in [5.41, 5.74) is 5.59. The summed E-state index contributed by atoms with van der Waals surface area (Å²) in [6, 6.07) is 16.9. The maximum atomic E-state index is 12.3. The Balaban J connectivity index is 1.33. The van der Waals surface area contributed by atoms with E-state index in [0.29, 0.717) is 18.2 Å². The molecule has 2 N–H and O–H groups in total. The molecule has 5 heteroatoms. The Morgan fingerprint density at radius 2 is 2.03 bits per heavy atom. The third kappa shape index (κ3) is 4.79. The van der Waals surface area contributed by atoms with Crippen LogP contribution in [0, 0.1) is 0 Å². The maximum Gasteiger partial charge on any atom is 0.338 e. The van der Waals surface area contributed by atoms with Crippen LogP contribution in [-0.2, 0) is 10.5 Å². The number of benzene rings is 2. The van der Waals surface area contributed by atoms with Crippen molar-refractivity contribution >= 4 is 34.2 Å². The third-order valence-corrected chi connectivity index (χ3v) is 6.56. The summed E-state index contributed by atoms with van der Waals surface area (Å²) in [5, 5.41) is 4.62. The molecule has 0 amide bonds. The van der Waals surface area contributed by atoms with Gasteiger partial charge in [-0.15, -0.1) is 0 Å². The van der Waals surface area contributed by atoms with Crippen LogP contribution in [-0.4, -0.2) is 35.9 Å². The monoisotopic (exact) mass is 420 g/mol. The normalized spacial score (nSPS) is 16.4. The molecule has 0 saturated carbocycles. The number of carbonyl (C=O) groups is 1. The predicted molar refractivity (Wildman–Crippen MR) is 126 cm³/mol. The van der Waals surface area contributed by atoms with Crippen molar-refractivity contribution in [2.45, 2.75) is 31.6 Å². The number of ether oxygens (including phenoxy) is 1. The highest BCUT2D eigenvalue weighted by Gasteiger charge is 2.17. The lowest BCUT2D eigenvalue weighted by molar-refractivity contribution is 0.0528. The van der Waals surface area contributed by atoms with E-state index in [0.717, 1.165) is 41.8 Å². The van der Waals surface area contributed by atoms with Gasteiger partial charge in [0.2, 0.25) is 0 Å². The van der Waals surface area contributed by atoms with Crippen LogP contribution in [0.25, 0.3) is 16.5 Å². The summed E-state index contributed by atoms with van der Waals surface area (Å²) in [5.74, 6) is 1.71. The Morgan fingerprint density at radius 3 is 2.87 bits per heavy atom. The zero-order valence-corrected chi connectivity index (χ0v) is 18.1. The van der Waals surface area contributed by atoms with Crippen molar-refractivity contribution in [1.29, 1.82) is 0 Å². The fraction of sp³-hybridized carbons (Fsp3) is 0.320. The first-order chi connectivity index (χ1) is 14.8. The molecule has 156 valence electrons. The second-order valence-electron chi connectivity index (χ2n) is 7.51. The molecule has 0 bridgehead atoms. The third-order valence-electron chi connectivity index (χ3n) is 5.52. The highest BCUT2D eigenvalue weighted by atomic mass is 32.2. The first-order valence-corrected chi connectivity index (χ1v) is 11.7. The van der Waals surface area contributed by atoms with E-state index in [1.54, 1.807) is 0 Å². The summed E-state index contributed by atoms with van der Waals surface area (Å²) in [6.07, 6.45) is 6.53. The zero-order valence-electron chi connectivity index (χ0n) is 17.3. The fourth-order valence-corrected chi connectivity index (χ4v) is 5.06. The smallest absolute Gasteiger partial charge is 0.338 e. The quantitative estimate of drug-likeness (QED) is 0.378. The van der Waals surface area contributed by atoms with Gasteiger partial charge in [-0.25, -0.2) is 4.79 Å². The van der Waals surface area contributed by atoms with Crippen molar-refractivity contribution in [3.05, 3.63) is 77.5 Å². The molecule has 4 nitrogen and oxygen atoms in total. The van der Waals surface area contributed by atoms with Gasteiger partial charge in [0, 0.05) is 35.4 Å². The number of carbonyl (C=O) groups excluding carboxylic acids is 1. The van der Waals surface area contributed by atoms with Crippen molar-refractivity contribution < 1.29 is 9.53 Å². The van der Waals surface area contributed by atoms with Crippen LogP contribution in [0.2, 0.25) is 0 Å². The number of aromatic nitrogens is 1. The van der Waals surface area contributed by atoms with Crippen LogP contribution in [0.5, 0.6) is 0 Å². The number of esters is 1. The minimum absolute atomic E-state index is 0.249. The van der Waals surface area contributed by atoms with Gasteiger partial charge in [-0.1, -0.05) is 42.5 Å². The van der Waals surface area contributed by atoms with Crippen molar-refractivity contribution in [3.8, 4) is 0 Å². The molecular weight excluding hydrogens is 392 g/mol. The minimum Gasteiger partial charge on any atom is -0.462 e. The van der Waals surface area contributed by atoms with E-state index < -0.39 is 0 Å². The van der Waals surface area contributed by atoms with E-state index >= 15 is 0 Å². The van der Waals surface area contributed by atoms with Gasteiger partial charge in [0.1, 0.15) is 0 Å². The minimum atomic E-state index is -0.249. The van der Waals surface area contributed by atoms with Gasteiger partial charge < -0.3 is 15.0 Å². The molecule has 0 radical (unpaired) electrons. The molecule has 30 heavy (non-hydrogen) atoms. The summed E-state index contributed by atoms with van der Waals surface area (Å²) >= 11 is 1.92. The van der Waals surface area contributed by atoms with E-state index in [2.05, 4.69) is 46.7 Å². The second-order valence-corrected chi connectivity index (χ2v) is 8.61. The zero-order chi connectivity index (χ0) is 20.8. The second kappa shape index (κ2) is 10.0. The van der Waals surface area contributed by atoms with Gasteiger partial charge in [0.25, 0.3) is 0 Å². The van der Waals surface area contributed by atoms with E-state index in [1.807, 2.05) is 43.1 Å². The lowest BCUT2D eigenvalue weighted by Gasteiger charge is -2.24. The highest BCUT2D eigenvalue weighted by molar-refractivity contribution is 7.98. The van der Waals surface area contributed by atoms with Crippen LogP contribution in [0.3, 0.4) is 0 Å². The molecule has 2 aromatic carbocycles. The Morgan fingerprint density at radius 1 is 1.17 bits per heavy atom. The first-order valence-electron chi connectivity index (χ1n) is 10.6. The Hall–Kier alpha value is -2.50. The average Bonchev–Trinajstić information content (AvgIpc) is 3.21. The van der Waals surface area contributed by atoms with Gasteiger partial charge in [-0.3, -0.25) is 0 Å². The van der Waals surface area contributed by atoms with Crippen LogP contribution in [0.1, 0.15) is 41.3 Å². The summed E-state index contributed by atoms with van der Waals surface area (Å²) in [7, 11) is 0. The van der Waals surface area contributed by atoms with E-state index in [1.165, 1.54) is 16.7 Å². The SMILES string of the molecule is CCOC(=O)c1cccc2[nH]cc(CSCCC3CC(c4ccccc4)=CCN3)c12. The molecule has 1 aromatic heterocycles. The van der Waals surface area contributed by atoms with Crippen LogP contribution in [0.4, 0.5) is 0 Å². The molecule has 4 rings (SSSR count). The molecule has 0 spiro atoms. The molecule has 0 aliphatic carbocycles. The van der Waals surface area contributed by atoms with Gasteiger partial charge in [-0.2, -0.15) is 11.8 Å². The number of nitrogens with one attached hydrogen (secondary N) is 2. The lowest BCUT2D eigenvalue weighted by atomic mass is 9.94. The lowest BCUT2D eigenvalue weighted by Crippen LogP contribution is -2.33.